The molecule has 2 nitrogen and oxygen atoms in total. The monoisotopic (exact) mass is 494 g/mol. The van der Waals surface area contributed by atoms with E-state index in [0.29, 0.717) is 18.4 Å². The van der Waals surface area contributed by atoms with Crippen LogP contribution in [0.2, 0.25) is 0 Å². The van der Waals surface area contributed by atoms with Crippen LogP contribution in [-0.2, 0) is 29.3 Å². The molecule has 9 heteroatoms. The molecule has 2 aliphatic heterocycles. The maximum atomic E-state index is 13.4. The molecule has 2 aromatic rings. The standard InChI is InChI=1S/C26H27F6NO.B/c1-16-13-33-15-24(18-6-4-3-5-7-18,22-9-8-21(16)23(22,33)2)34-14-17-10-19(25(27,28)29)12-20(11-17)26(30,31)32;/h3-7,10-12,16,21-22H,8-9,13-15H2,1-2H3;/t16-,21+,22+,23-,24+;/m1./s1. The van der Waals surface area contributed by atoms with Gasteiger partial charge in [-0.05, 0) is 60.9 Å². The summed E-state index contributed by atoms with van der Waals surface area (Å²) in [6.45, 7) is 5.66. The Balaban J connectivity index is 0.00000289. The summed E-state index contributed by atoms with van der Waals surface area (Å²) in [4.78, 5) is 2.43. The van der Waals surface area contributed by atoms with Gasteiger partial charge < -0.3 is 4.74 Å². The molecule has 0 bridgehead atoms. The second kappa shape index (κ2) is 8.54. The molecule has 3 fully saturated rings. The van der Waals surface area contributed by atoms with Crippen molar-refractivity contribution in [2.75, 3.05) is 13.1 Å². The fourth-order valence-corrected chi connectivity index (χ4v) is 7.07. The molecule has 1 aliphatic carbocycles. The molecule has 5 atom stereocenters. The Hall–Kier alpha value is -2.00. The van der Waals surface area contributed by atoms with Gasteiger partial charge in [0.2, 0.25) is 0 Å². The van der Waals surface area contributed by atoms with Crippen molar-refractivity contribution < 1.29 is 31.1 Å². The molecule has 0 aromatic heterocycles. The Labute approximate surface area is 203 Å². The molecule has 0 N–H and O–H groups in total. The minimum absolute atomic E-state index is 0. The van der Waals surface area contributed by atoms with Gasteiger partial charge in [0, 0.05) is 33.0 Å². The molecule has 5 rings (SSSR count). The van der Waals surface area contributed by atoms with Gasteiger partial charge in [0.25, 0.3) is 0 Å². The van der Waals surface area contributed by atoms with Crippen LogP contribution in [0.4, 0.5) is 26.3 Å². The van der Waals surface area contributed by atoms with Crippen molar-refractivity contribution in [3.05, 3.63) is 70.8 Å². The average Bonchev–Trinajstić information content (AvgIpc) is 3.34. The van der Waals surface area contributed by atoms with Crippen molar-refractivity contribution in [2.45, 2.75) is 56.8 Å². The molecule has 2 saturated heterocycles. The minimum Gasteiger partial charge on any atom is -0.364 e. The van der Waals surface area contributed by atoms with Crippen molar-refractivity contribution in [3.8, 4) is 0 Å². The molecule has 0 spiro atoms. The van der Waals surface area contributed by atoms with Crippen molar-refractivity contribution in [3.63, 3.8) is 0 Å². The van der Waals surface area contributed by atoms with E-state index in [-0.39, 0.29) is 38.1 Å². The van der Waals surface area contributed by atoms with Crippen LogP contribution in [0.5, 0.6) is 0 Å². The van der Waals surface area contributed by atoms with Gasteiger partial charge >= 0.3 is 12.4 Å². The summed E-state index contributed by atoms with van der Waals surface area (Å²) in [6.07, 6.45) is -7.82. The second-order valence-electron chi connectivity index (χ2n) is 10.3. The van der Waals surface area contributed by atoms with E-state index in [1.54, 1.807) is 0 Å². The third kappa shape index (κ3) is 4.08. The first-order chi connectivity index (χ1) is 15.9. The molecule has 187 valence electrons. The highest BCUT2D eigenvalue weighted by molar-refractivity contribution is 5.75. The van der Waals surface area contributed by atoms with E-state index in [1.807, 2.05) is 30.3 Å². The number of benzene rings is 2. The smallest absolute Gasteiger partial charge is 0.364 e. The van der Waals surface area contributed by atoms with Crippen LogP contribution >= 0.6 is 0 Å². The van der Waals surface area contributed by atoms with Crippen molar-refractivity contribution >= 4 is 8.41 Å². The zero-order valence-corrected chi connectivity index (χ0v) is 19.6. The van der Waals surface area contributed by atoms with Crippen LogP contribution in [0.3, 0.4) is 0 Å². The van der Waals surface area contributed by atoms with Crippen LogP contribution in [0.15, 0.2) is 48.5 Å². The topological polar surface area (TPSA) is 12.5 Å². The highest BCUT2D eigenvalue weighted by Gasteiger charge is 2.69. The Morgan fingerprint density at radius 2 is 1.54 bits per heavy atom. The minimum atomic E-state index is -4.88. The highest BCUT2D eigenvalue weighted by Crippen LogP contribution is 2.64. The van der Waals surface area contributed by atoms with E-state index in [9.17, 15) is 26.3 Å². The molecule has 1 saturated carbocycles. The lowest BCUT2D eigenvalue weighted by atomic mass is 9.73. The molecular formula is C26H27BF6NO. The molecule has 2 aromatic carbocycles. The molecular weight excluding hydrogens is 467 g/mol. The van der Waals surface area contributed by atoms with Gasteiger partial charge in [-0.3, -0.25) is 4.90 Å². The van der Waals surface area contributed by atoms with Gasteiger partial charge in [0.15, 0.2) is 0 Å². The Bertz CT molecular complexity index is 1040. The number of nitrogens with zero attached hydrogens (tertiary/aromatic N) is 1. The van der Waals surface area contributed by atoms with Crippen molar-refractivity contribution in [1.29, 1.82) is 0 Å². The molecule has 3 radical (unpaired) electrons. The molecule has 2 heterocycles. The van der Waals surface area contributed by atoms with Gasteiger partial charge in [-0.25, -0.2) is 0 Å². The Morgan fingerprint density at radius 1 is 0.943 bits per heavy atom. The van der Waals surface area contributed by atoms with Crippen molar-refractivity contribution in [2.24, 2.45) is 17.8 Å². The fraction of sp³-hybridized carbons (Fsp3) is 0.538. The number of hydrogen-bond acceptors (Lipinski definition) is 2. The molecule has 3 aliphatic rings. The summed E-state index contributed by atoms with van der Waals surface area (Å²) < 4.78 is 86.7. The zero-order valence-electron chi connectivity index (χ0n) is 19.6. The Kier molecular flexibility index (Phi) is 6.37. The molecule has 0 amide bonds. The maximum Gasteiger partial charge on any atom is 0.416 e. The first kappa shape index (κ1) is 26.1. The van der Waals surface area contributed by atoms with Gasteiger partial charge in [-0.2, -0.15) is 26.3 Å². The van der Waals surface area contributed by atoms with Crippen molar-refractivity contribution in [1.82, 2.24) is 4.90 Å². The number of halogens is 6. The fourth-order valence-electron chi connectivity index (χ4n) is 7.07. The molecule has 0 unspecified atom stereocenters. The first-order valence-corrected chi connectivity index (χ1v) is 11.6. The van der Waals surface area contributed by atoms with Crippen LogP contribution in [0.1, 0.15) is 48.9 Å². The summed E-state index contributed by atoms with van der Waals surface area (Å²) in [7, 11) is 0. The lowest BCUT2D eigenvalue weighted by Crippen LogP contribution is -2.43. The van der Waals surface area contributed by atoms with E-state index in [0.717, 1.165) is 37.1 Å². The predicted octanol–water partition coefficient (Wildman–Crippen LogP) is 6.51. The predicted molar refractivity (Wildman–Crippen MR) is 120 cm³/mol. The van der Waals surface area contributed by atoms with Crippen LogP contribution < -0.4 is 0 Å². The van der Waals surface area contributed by atoms with Crippen LogP contribution in [0.25, 0.3) is 0 Å². The van der Waals surface area contributed by atoms with Gasteiger partial charge in [0.05, 0.1) is 17.7 Å². The first-order valence-electron chi connectivity index (χ1n) is 11.6. The Morgan fingerprint density at radius 3 is 2.11 bits per heavy atom. The van der Waals surface area contributed by atoms with E-state index in [4.69, 9.17) is 4.74 Å². The van der Waals surface area contributed by atoms with E-state index < -0.39 is 29.1 Å². The van der Waals surface area contributed by atoms with Crippen LogP contribution in [-0.4, -0.2) is 31.9 Å². The SMILES string of the molecule is C[C@@H]1CN2C[C@](OCc3cc(C(F)(F)F)cc(C(F)(F)F)c3)(c3ccccc3)[C@H]3CC[C@@H]1[C@]32C.[B]. The summed E-state index contributed by atoms with van der Waals surface area (Å²) in [5.41, 5.74) is -2.73. The normalized spacial score (nSPS) is 32.5. The summed E-state index contributed by atoms with van der Waals surface area (Å²) in [5, 5.41) is 0. The second-order valence-corrected chi connectivity index (χ2v) is 10.3. The van der Waals surface area contributed by atoms with E-state index >= 15 is 0 Å². The number of rotatable bonds is 4. The number of hydrogen-bond donors (Lipinski definition) is 0. The number of alkyl halides is 6. The van der Waals surface area contributed by atoms with E-state index in [2.05, 4.69) is 18.7 Å². The summed E-state index contributed by atoms with van der Waals surface area (Å²) in [6, 6.07) is 11.3. The zero-order chi connectivity index (χ0) is 24.5. The van der Waals surface area contributed by atoms with Crippen LogP contribution in [0, 0.1) is 17.8 Å². The van der Waals surface area contributed by atoms with Gasteiger partial charge in [-0.15, -0.1) is 0 Å². The van der Waals surface area contributed by atoms with E-state index in [1.165, 1.54) is 0 Å². The largest absolute Gasteiger partial charge is 0.416 e. The third-order valence-electron chi connectivity index (χ3n) is 8.49. The quantitative estimate of drug-likeness (QED) is 0.355. The van der Waals surface area contributed by atoms with Gasteiger partial charge in [0.1, 0.15) is 5.60 Å². The lowest BCUT2D eigenvalue weighted by molar-refractivity contribution is -0.143. The summed E-state index contributed by atoms with van der Waals surface area (Å²) in [5.74, 6) is 1.14. The van der Waals surface area contributed by atoms with Gasteiger partial charge in [-0.1, -0.05) is 37.3 Å². The maximum absolute atomic E-state index is 13.4. The third-order valence-corrected chi connectivity index (χ3v) is 8.49. The summed E-state index contributed by atoms with van der Waals surface area (Å²) >= 11 is 0. The number of ether oxygens (including phenoxy) is 1. The highest BCUT2D eigenvalue weighted by atomic mass is 19.4. The lowest BCUT2D eigenvalue weighted by Gasteiger charge is -2.38. The molecule has 35 heavy (non-hydrogen) atoms. The average molecular weight is 494 g/mol.